The number of aliphatic hydroxyl groups excluding tert-OH is 1. The number of carboxylic acid groups (broad SMARTS) is 1. The first kappa shape index (κ1) is 23.5. The van der Waals surface area contributed by atoms with E-state index >= 15 is 0 Å². The van der Waals surface area contributed by atoms with E-state index in [4.69, 9.17) is 10.2 Å². The van der Waals surface area contributed by atoms with Crippen LogP contribution in [0.1, 0.15) is 45.4 Å². The first-order chi connectivity index (χ1) is 10.0. The van der Waals surface area contributed by atoms with Crippen molar-refractivity contribution in [2.45, 2.75) is 51.5 Å². The van der Waals surface area contributed by atoms with Crippen molar-refractivity contribution in [3.8, 4) is 0 Å². The molecular weight excluding hydrogens is 279 g/mol. The molecule has 0 aromatic rings. The van der Waals surface area contributed by atoms with E-state index in [0.29, 0.717) is 19.4 Å². The van der Waals surface area contributed by atoms with Crippen molar-refractivity contribution in [3.63, 3.8) is 0 Å². The van der Waals surface area contributed by atoms with Crippen LogP contribution in [-0.4, -0.2) is 52.8 Å². The normalized spacial score (nSPS) is 12.8. The number of unbranched alkanes of at least 4 members (excludes halogenated alkanes) is 3. The number of aliphatic imine (C=N–C) groups is 1. The predicted octanol–water partition coefficient (Wildman–Crippen LogP) is -2.00. The fraction of sp³-hybridized carbons (Fsp3) is 0.733. The van der Waals surface area contributed by atoms with Crippen molar-refractivity contribution in [3.05, 3.63) is 12.7 Å². The Kier molecular flexibility index (Phi) is 16.1. The van der Waals surface area contributed by atoms with Crippen LogP contribution in [-0.2, 0) is 4.79 Å². The number of nitrogens with zero attached hydrogens (tertiary/aromatic N) is 2. The number of carboxylic acids is 1. The third-order valence-corrected chi connectivity index (χ3v) is 3.24. The molecule has 0 fully saturated rings. The van der Waals surface area contributed by atoms with Crippen LogP contribution in [0.5, 0.6) is 0 Å². The van der Waals surface area contributed by atoms with Gasteiger partial charge in [0.15, 0.2) is 0 Å². The van der Waals surface area contributed by atoms with Gasteiger partial charge >= 0.3 is 24.8 Å². The number of carbonyl (C=O) groups is 1. The van der Waals surface area contributed by atoms with Gasteiger partial charge in [-0.1, -0.05) is 12.5 Å². The van der Waals surface area contributed by atoms with Gasteiger partial charge < -0.3 is 15.3 Å². The molecule has 0 rings (SSSR count). The number of aliphatic carboxylic acids is 1. The van der Waals surface area contributed by atoms with Crippen LogP contribution >= 0.6 is 0 Å². The fourth-order valence-corrected chi connectivity index (χ4v) is 1.81. The second-order valence-electron chi connectivity index (χ2n) is 4.99. The molecule has 0 saturated heterocycles. The Hall–Kier alpha value is -0.803. The average Bonchev–Trinajstić information content (AvgIpc) is 2.46. The number of hydrogen-bond acceptors (Lipinski definition) is 5. The van der Waals surface area contributed by atoms with Crippen LogP contribution in [0, 0.1) is 0 Å². The molecule has 0 amide bonds. The van der Waals surface area contributed by atoms with Gasteiger partial charge in [0.25, 0.3) is 0 Å². The molecule has 0 aliphatic rings. The Morgan fingerprint density at radius 3 is 2.59 bits per heavy atom. The van der Waals surface area contributed by atoms with Gasteiger partial charge in [0.2, 0.25) is 0 Å². The van der Waals surface area contributed by atoms with Gasteiger partial charge in [-0.2, -0.15) is 0 Å². The van der Waals surface area contributed by atoms with Crippen LogP contribution in [0.4, 0.5) is 0 Å². The minimum Gasteiger partial charge on any atom is -0.862 e. The first-order valence-electron chi connectivity index (χ1n) is 7.41. The molecule has 0 spiro atoms. The standard InChI is InChI=1S/C15H28N2O4.Li/c1-3-4-5-6-7-9-14(19)16-12-17(10-8-11-18)13(2)15(20)21;/h3,13,18H,1,4-12H2,2H3,(H,16,19)(H,20,21);/q;+1/p-1. The van der Waals surface area contributed by atoms with Crippen molar-refractivity contribution in [1.82, 2.24) is 4.90 Å². The van der Waals surface area contributed by atoms with Gasteiger partial charge in [-0.3, -0.25) is 14.7 Å². The van der Waals surface area contributed by atoms with E-state index < -0.39 is 12.0 Å². The summed E-state index contributed by atoms with van der Waals surface area (Å²) in [6.07, 6.45) is 6.45. The largest absolute Gasteiger partial charge is 1.00 e. The molecule has 1 unspecified atom stereocenters. The zero-order valence-corrected chi connectivity index (χ0v) is 13.8. The summed E-state index contributed by atoms with van der Waals surface area (Å²) in [5.74, 6) is -1.15. The van der Waals surface area contributed by atoms with Crippen molar-refractivity contribution in [2.75, 3.05) is 19.8 Å². The Labute approximate surface area is 145 Å². The van der Waals surface area contributed by atoms with Crippen LogP contribution < -0.4 is 24.0 Å². The topological polar surface area (TPSA) is 96.2 Å². The molecular formula is C15H27LiN2O4. The second-order valence-corrected chi connectivity index (χ2v) is 4.99. The molecule has 22 heavy (non-hydrogen) atoms. The molecule has 0 radical (unpaired) electrons. The second kappa shape index (κ2) is 15.1. The quantitative estimate of drug-likeness (QED) is 0.135. The van der Waals surface area contributed by atoms with E-state index in [1.807, 2.05) is 6.08 Å². The molecule has 2 N–H and O–H groups in total. The van der Waals surface area contributed by atoms with E-state index in [2.05, 4.69) is 11.6 Å². The predicted molar refractivity (Wildman–Crippen MR) is 81.1 cm³/mol. The summed E-state index contributed by atoms with van der Waals surface area (Å²) in [7, 11) is 0. The Morgan fingerprint density at radius 2 is 2.05 bits per heavy atom. The van der Waals surface area contributed by atoms with E-state index in [-0.39, 0.29) is 38.0 Å². The Morgan fingerprint density at radius 1 is 1.36 bits per heavy atom. The number of rotatable bonds is 13. The summed E-state index contributed by atoms with van der Waals surface area (Å²) >= 11 is 0. The third-order valence-electron chi connectivity index (χ3n) is 3.24. The molecule has 122 valence electrons. The van der Waals surface area contributed by atoms with Crippen LogP contribution in [0.25, 0.3) is 0 Å². The molecule has 1 atom stereocenters. The Bertz CT molecular complexity index is 338. The summed E-state index contributed by atoms with van der Waals surface area (Å²) in [5.41, 5.74) is 0. The fourth-order valence-electron chi connectivity index (χ4n) is 1.81. The van der Waals surface area contributed by atoms with E-state index in [0.717, 1.165) is 25.7 Å². The van der Waals surface area contributed by atoms with E-state index in [9.17, 15) is 9.90 Å². The monoisotopic (exact) mass is 306 g/mol. The maximum absolute atomic E-state index is 11.6. The molecule has 0 bridgehead atoms. The summed E-state index contributed by atoms with van der Waals surface area (Å²) in [4.78, 5) is 16.5. The molecule has 0 aliphatic heterocycles. The molecule has 0 aromatic heterocycles. The summed E-state index contributed by atoms with van der Waals surface area (Å²) in [6, 6.07) is -0.722. The zero-order chi connectivity index (χ0) is 16.1. The number of allylic oxidation sites excluding steroid dienone is 1. The minimum atomic E-state index is -0.958. The van der Waals surface area contributed by atoms with Crippen molar-refractivity contribution < 1.29 is 39.0 Å². The summed E-state index contributed by atoms with van der Waals surface area (Å²) in [5, 5.41) is 29.5. The molecule has 0 aliphatic carbocycles. The number of hydrogen-bond donors (Lipinski definition) is 2. The van der Waals surface area contributed by atoms with Crippen molar-refractivity contribution in [1.29, 1.82) is 0 Å². The molecule has 0 heterocycles. The first-order valence-corrected chi connectivity index (χ1v) is 7.41. The maximum Gasteiger partial charge on any atom is 1.00 e. The van der Waals surface area contributed by atoms with Crippen molar-refractivity contribution >= 4 is 11.9 Å². The van der Waals surface area contributed by atoms with Gasteiger partial charge in [-0.15, -0.1) is 6.58 Å². The molecule has 0 saturated carbocycles. The Balaban J connectivity index is 0. The van der Waals surface area contributed by atoms with E-state index in [1.165, 1.54) is 0 Å². The molecule has 0 aromatic carbocycles. The molecule has 6 nitrogen and oxygen atoms in total. The van der Waals surface area contributed by atoms with Gasteiger partial charge in [0.1, 0.15) is 6.04 Å². The SMILES string of the molecule is C=CCCCCCC([O-])=NCN(CCCO)C(C)C(=O)O.[Li+]. The van der Waals surface area contributed by atoms with Gasteiger partial charge in [0, 0.05) is 13.2 Å². The average molecular weight is 306 g/mol. The summed E-state index contributed by atoms with van der Waals surface area (Å²) < 4.78 is 0. The molecule has 7 heteroatoms. The smallest absolute Gasteiger partial charge is 0.862 e. The summed E-state index contributed by atoms with van der Waals surface area (Å²) in [6.45, 7) is 5.65. The van der Waals surface area contributed by atoms with Crippen LogP contribution in [0.15, 0.2) is 17.6 Å². The van der Waals surface area contributed by atoms with Gasteiger partial charge in [-0.25, -0.2) is 0 Å². The van der Waals surface area contributed by atoms with Gasteiger partial charge in [-0.05, 0) is 44.9 Å². The van der Waals surface area contributed by atoms with E-state index in [1.54, 1.807) is 11.8 Å². The van der Waals surface area contributed by atoms with Crippen LogP contribution in [0.2, 0.25) is 0 Å². The minimum absolute atomic E-state index is 0. The maximum atomic E-state index is 11.6. The number of aliphatic hydroxyl groups is 1. The van der Waals surface area contributed by atoms with Gasteiger partial charge in [0.05, 0.1) is 6.67 Å². The van der Waals surface area contributed by atoms with Crippen LogP contribution in [0.3, 0.4) is 0 Å². The zero-order valence-electron chi connectivity index (χ0n) is 13.8. The van der Waals surface area contributed by atoms with Crippen molar-refractivity contribution in [2.24, 2.45) is 4.99 Å². The third kappa shape index (κ3) is 11.8.